The topological polar surface area (TPSA) is 60.2 Å². The quantitative estimate of drug-likeness (QED) is 0.634. The van der Waals surface area contributed by atoms with E-state index >= 15 is 0 Å². The average Bonchev–Trinajstić information content (AvgIpc) is 3.46. The van der Waals surface area contributed by atoms with Crippen molar-refractivity contribution in [3.05, 3.63) is 64.2 Å². The van der Waals surface area contributed by atoms with Gasteiger partial charge in [0.2, 0.25) is 5.91 Å². The summed E-state index contributed by atoms with van der Waals surface area (Å²) in [5.74, 6) is -0.100. The van der Waals surface area contributed by atoms with E-state index in [-0.39, 0.29) is 23.8 Å². The number of nitrogens with zero attached hydrogens (tertiary/aromatic N) is 1. The van der Waals surface area contributed by atoms with Crippen LogP contribution in [0, 0.1) is 5.82 Å². The molecule has 3 N–H and O–H groups in total. The van der Waals surface area contributed by atoms with Crippen molar-refractivity contribution in [2.24, 2.45) is 0 Å². The van der Waals surface area contributed by atoms with Gasteiger partial charge in [-0.1, -0.05) is 12.1 Å². The molecule has 2 aliphatic heterocycles. The number of hydrazine groups is 1. The third kappa shape index (κ3) is 3.15. The van der Waals surface area contributed by atoms with Crippen molar-refractivity contribution in [2.45, 2.75) is 24.9 Å². The van der Waals surface area contributed by atoms with Crippen molar-refractivity contribution in [3.63, 3.8) is 0 Å². The molecule has 0 radical (unpaired) electrons. The number of aromatic nitrogens is 1. The molecule has 1 saturated heterocycles. The smallest absolute Gasteiger partial charge is 0.241 e. The molecule has 2 aliphatic rings. The normalized spacial score (nSPS) is 22.6. The maximum absolute atomic E-state index is 13.4. The van der Waals surface area contributed by atoms with E-state index in [1.807, 2.05) is 23.2 Å². The molecule has 1 fully saturated rings. The number of benzene rings is 1. The van der Waals surface area contributed by atoms with Crippen molar-refractivity contribution < 1.29 is 9.18 Å². The zero-order valence-electron chi connectivity index (χ0n) is 15.2. The monoisotopic (exact) mass is 396 g/mol. The Bertz CT molecular complexity index is 1040. The van der Waals surface area contributed by atoms with Crippen LogP contribution in [0.2, 0.25) is 0 Å². The lowest BCUT2D eigenvalue weighted by molar-refractivity contribution is -0.132. The minimum atomic E-state index is -0.242. The number of carbonyl (C=O) groups is 1. The van der Waals surface area contributed by atoms with Gasteiger partial charge in [-0.2, -0.15) is 0 Å². The maximum atomic E-state index is 13.4. The van der Waals surface area contributed by atoms with E-state index in [4.69, 9.17) is 0 Å². The summed E-state index contributed by atoms with van der Waals surface area (Å²) in [5.41, 5.74) is 9.52. The molecule has 0 bridgehead atoms. The summed E-state index contributed by atoms with van der Waals surface area (Å²) in [6.45, 7) is 1.30. The highest BCUT2D eigenvalue weighted by molar-refractivity contribution is 7.10. The van der Waals surface area contributed by atoms with Gasteiger partial charge in [0.1, 0.15) is 11.9 Å². The number of rotatable bonds is 3. The number of hydrogen-bond donors (Lipinski definition) is 3. The number of carbonyl (C=O) groups excluding carboxylic acids is 1. The molecule has 3 aromatic rings. The Morgan fingerprint density at radius 1 is 1.25 bits per heavy atom. The van der Waals surface area contributed by atoms with E-state index in [2.05, 4.69) is 33.4 Å². The first kappa shape index (κ1) is 17.6. The number of amides is 1. The van der Waals surface area contributed by atoms with Gasteiger partial charge in [0.25, 0.3) is 0 Å². The van der Waals surface area contributed by atoms with Gasteiger partial charge in [0, 0.05) is 40.6 Å². The second-order valence-corrected chi connectivity index (χ2v) is 8.28. The second-order valence-electron chi connectivity index (χ2n) is 7.30. The number of H-pyrrole nitrogens is 1. The summed E-state index contributed by atoms with van der Waals surface area (Å²) in [7, 11) is 0. The molecule has 2 unspecified atom stereocenters. The summed E-state index contributed by atoms with van der Waals surface area (Å²) >= 11 is 1.71. The Hall–Kier alpha value is -2.48. The predicted molar refractivity (Wildman–Crippen MR) is 109 cm³/mol. The van der Waals surface area contributed by atoms with E-state index < -0.39 is 0 Å². The number of aromatic amines is 1. The van der Waals surface area contributed by atoms with Crippen LogP contribution in [0.1, 0.15) is 29.3 Å². The molecule has 0 saturated carbocycles. The summed E-state index contributed by atoms with van der Waals surface area (Å²) < 4.78 is 13.4. The Labute approximate surface area is 166 Å². The van der Waals surface area contributed by atoms with Crippen LogP contribution in [0.15, 0.2) is 48.0 Å². The summed E-state index contributed by atoms with van der Waals surface area (Å²) in [4.78, 5) is 19.2. The molecular weight excluding hydrogens is 375 g/mol. The molecule has 0 aliphatic carbocycles. The number of fused-ring (bicyclic) bond motifs is 1. The molecule has 0 spiro atoms. The van der Waals surface area contributed by atoms with Crippen LogP contribution in [-0.2, 0) is 4.79 Å². The Balaban J connectivity index is 1.27. The lowest BCUT2D eigenvalue weighted by Gasteiger charge is -2.28. The van der Waals surface area contributed by atoms with Crippen LogP contribution in [-0.4, -0.2) is 34.9 Å². The molecule has 4 heterocycles. The lowest BCUT2D eigenvalue weighted by Crippen LogP contribution is -2.46. The van der Waals surface area contributed by atoms with Crippen molar-refractivity contribution in [3.8, 4) is 0 Å². The van der Waals surface area contributed by atoms with Gasteiger partial charge in [0.15, 0.2) is 0 Å². The molecule has 5 rings (SSSR count). The molecule has 144 valence electrons. The average molecular weight is 396 g/mol. The van der Waals surface area contributed by atoms with E-state index in [0.29, 0.717) is 13.1 Å². The number of thiophene rings is 1. The molecule has 28 heavy (non-hydrogen) atoms. The van der Waals surface area contributed by atoms with Gasteiger partial charge in [-0.3, -0.25) is 4.79 Å². The zero-order valence-corrected chi connectivity index (χ0v) is 16.1. The number of hydrogen-bond acceptors (Lipinski definition) is 4. The number of nitrogens with one attached hydrogen (secondary N) is 3. The SMILES string of the molecule is O=C(C1CC(c2cccs2)NN1)N1CC=C(c2c[nH]c3cc(F)ccc23)CC1. The molecule has 5 nitrogen and oxygen atoms in total. The Morgan fingerprint density at radius 3 is 2.96 bits per heavy atom. The fraction of sp³-hybridized carbons (Fsp3) is 0.286. The largest absolute Gasteiger partial charge is 0.360 e. The summed E-state index contributed by atoms with van der Waals surface area (Å²) in [6, 6.07) is 8.94. The van der Waals surface area contributed by atoms with Gasteiger partial charge < -0.3 is 9.88 Å². The van der Waals surface area contributed by atoms with Crippen LogP contribution in [0.5, 0.6) is 0 Å². The van der Waals surface area contributed by atoms with Crippen molar-refractivity contribution in [2.75, 3.05) is 13.1 Å². The molecular formula is C21H21FN4OS. The van der Waals surface area contributed by atoms with E-state index in [1.54, 1.807) is 11.3 Å². The maximum Gasteiger partial charge on any atom is 0.241 e. The Kier molecular flexibility index (Phi) is 4.50. The number of halogens is 1. The first-order chi connectivity index (χ1) is 13.7. The van der Waals surface area contributed by atoms with Gasteiger partial charge in [-0.05, 0) is 48.1 Å². The van der Waals surface area contributed by atoms with Crippen molar-refractivity contribution >= 4 is 33.7 Å². The fourth-order valence-corrected chi connectivity index (χ4v) is 4.88. The van der Waals surface area contributed by atoms with Gasteiger partial charge in [-0.25, -0.2) is 15.2 Å². The minimum Gasteiger partial charge on any atom is -0.360 e. The third-order valence-electron chi connectivity index (χ3n) is 5.60. The van der Waals surface area contributed by atoms with Gasteiger partial charge in [-0.15, -0.1) is 11.3 Å². The highest BCUT2D eigenvalue weighted by Crippen LogP contribution is 2.31. The predicted octanol–water partition coefficient (Wildman–Crippen LogP) is 3.59. The lowest BCUT2D eigenvalue weighted by atomic mass is 9.98. The second kappa shape index (κ2) is 7.16. The van der Waals surface area contributed by atoms with E-state index in [1.165, 1.54) is 22.6 Å². The molecule has 2 aromatic heterocycles. The van der Waals surface area contributed by atoms with Crippen LogP contribution in [0.4, 0.5) is 4.39 Å². The summed E-state index contributed by atoms with van der Waals surface area (Å²) in [5, 5.41) is 3.08. The Morgan fingerprint density at radius 2 is 2.18 bits per heavy atom. The highest BCUT2D eigenvalue weighted by Gasteiger charge is 2.33. The van der Waals surface area contributed by atoms with Gasteiger partial charge >= 0.3 is 0 Å². The van der Waals surface area contributed by atoms with E-state index in [9.17, 15) is 9.18 Å². The molecule has 2 atom stereocenters. The van der Waals surface area contributed by atoms with Crippen molar-refractivity contribution in [1.29, 1.82) is 0 Å². The molecule has 1 aromatic carbocycles. The molecule has 7 heteroatoms. The van der Waals surface area contributed by atoms with Gasteiger partial charge in [0.05, 0.1) is 6.04 Å². The van der Waals surface area contributed by atoms with Crippen LogP contribution < -0.4 is 10.9 Å². The fourth-order valence-electron chi connectivity index (χ4n) is 4.09. The summed E-state index contributed by atoms with van der Waals surface area (Å²) in [6.07, 6.45) is 5.61. The first-order valence-corrected chi connectivity index (χ1v) is 10.4. The highest BCUT2D eigenvalue weighted by atomic mass is 32.1. The van der Waals surface area contributed by atoms with Crippen LogP contribution in [0.3, 0.4) is 0 Å². The first-order valence-electron chi connectivity index (χ1n) is 9.48. The minimum absolute atomic E-state index is 0.142. The zero-order chi connectivity index (χ0) is 19.1. The van der Waals surface area contributed by atoms with E-state index in [0.717, 1.165) is 29.3 Å². The van der Waals surface area contributed by atoms with Crippen molar-refractivity contribution in [1.82, 2.24) is 20.7 Å². The standard InChI is InChI=1S/C21H21FN4OS/c22-14-3-4-15-16(12-23-17(15)10-14)13-5-7-26(8-6-13)21(27)19-11-18(24-25-19)20-2-1-9-28-20/h1-5,9-10,12,18-19,23-25H,6-8,11H2. The third-order valence-corrected chi connectivity index (χ3v) is 6.58. The van der Waals surface area contributed by atoms with Crippen LogP contribution >= 0.6 is 11.3 Å². The molecule has 1 amide bonds. The van der Waals surface area contributed by atoms with Crippen LogP contribution in [0.25, 0.3) is 16.5 Å².